The number of nitrogens with zero attached hydrogens (tertiary/aromatic N) is 1. The van der Waals surface area contributed by atoms with E-state index >= 15 is 0 Å². The van der Waals surface area contributed by atoms with Gasteiger partial charge in [0.2, 0.25) is 0 Å². The largest absolute Gasteiger partial charge is 0.378 e. The first kappa shape index (κ1) is 13.6. The van der Waals surface area contributed by atoms with Crippen molar-refractivity contribution in [2.24, 2.45) is 0 Å². The molecule has 0 aliphatic carbocycles. The van der Waals surface area contributed by atoms with Crippen LogP contribution < -0.4 is 5.32 Å². The molecular weight excluding hydrogens is 263 g/mol. The number of halogens is 1. The van der Waals surface area contributed by atoms with Crippen LogP contribution in [0.25, 0.3) is 10.9 Å². The Hall–Kier alpha value is -2.42. The fraction of sp³-hybridized carbons (Fsp3) is 0.167. The van der Waals surface area contributed by atoms with Gasteiger partial charge in [-0.25, -0.2) is 4.39 Å². The number of para-hydroxylation sites is 1. The fourth-order valence-electron chi connectivity index (χ4n) is 2.57. The predicted octanol–water partition coefficient (Wildman–Crippen LogP) is 4.94. The first-order chi connectivity index (χ1) is 10.3. The van der Waals surface area contributed by atoms with Gasteiger partial charge in [-0.15, -0.1) is 0 Å². The molecule has 3 heteroatoms. The molecule has 1 N–H and O–H groups in total. The Labute approximate surface area is 123 Å². The topological polar surface area (TPSA) is 24.9 Å². The van der Waals surface area contributed by atoms with Crippen molar-refractivity contribution >= 4 is 16.6 Å². The van der Waals surface area contributed by atoms with Crippen LogP contribution in [0.15, 0.2) is 60.8 Å². The highest BCUT2D eigenvalue weighted by molar-refractivity contribution is 5.91. The lowest BCUT2D eigenvalue weighted by Gasteiger charge is -2.20. The highest BCUT2D eigenvalue weighted by Gasteiger charge is 2.14. The fourth-order valence-corrected chi connectivity index (χ4v) is 2.57. The second-order valence-electron chi connectivity index (χ2n) is 5.00. The van der Waals surface area contributed by atoms with Gasteiger partial charge in [0.05, 0.1) is 11.6 Å². The summed E-state index contributed by atoms with van der Waals surface area (Å²) in [4.78, 5) is 4.35. The third-order valence-electron chi connectivity index (χ3n) is 3.67. The third kappa shape index (κ3) is 2.72. The van der Waals surface area contributed by atoms with Gasteiger partial charge in [0.15, 0.2) is 0 Å². The molecule has 3 aromatic rings. The monoisotopic (exact) mass is 280 g/mol. The van der Waals surface area contributed by atoms with Crippen LogP contribution >= 0.6 is 0 Å². The van der Waals surface area contributed by atoms with Crippen LogP contribution in [0, 0.1) is 5.82 Å². The molecule has 21 heavy (non-hydrogen) atoms. The lowest BCUT2D eigenvalue weighted by Crippen LogP contribution is -2.11. The number of hydrogen-bond acceptors (Lipinski definition) is 2. The van der Waals surface area contributed by atoms with Crippen LogP contribution in [0.1, 0.15) is 24.9 Å². The Morgan fingerprint density at radius 1 is 1.05 bits per heavy atom. The summed E-state index contributed by atoms with van der Waals surface area (Å²) >= 11 is 0. The number of benzene rings is 2. The highest BCUT2D eigenvalue weighted by atomic mass is 19.1. The molecule has 1 atom stereocenters. The minimum atomic E-state index is -0.171. The summed E-state index contributed by atoms with van der Waals surface area (Å²) in [5.74, 6) is -0.171. The summed E-state index contributed by atoms with van der Waals surface area (Å²) in [6.45, 7) is 2.05. The molecule has 0 amide bonds. The number of nitrogens with one attached hydrogen (secondary N) is 1. The van der Waals surface area contributed by atoms with Gasteiger partial charge < -0.3 is 5.32 Å². The van der Waals surface area contributed by atoms with Crippen LogP contribution in [0.2, 0.25) is 0 Å². The van der Waals surface area contributed by atoms with E-state index < -0.39 is 0 Å². The van der Waals surface area contributed by atoms with E-state index in [9.17, 15) is 4.39 Å². The normalized spacial score (nSPS) is 12.3. The summed E-state index contributed by atoms with van der Waals surface area (Å²) in [7, 11) is 0. The van der Waals surface area contributed by atoms with Crippen LogP contribution in [-0.4, -0.2) is 4.98 Å². The first-order valence-electron chi connectivity index (χ1n) is 7.14. The van der Waals surface area contributed by atoms with E-state index in [0.29, 0.717) is 5.56 Å². The Bertz CT molecular complexity index is 750. The molecule has 106 valence electrons. The molecule has 0 bridgehead atoms. The smallest absolute Gasteiger partial charge is 0.128 e. The van der Waals surface area contributed by atoms with E-state index in [1.807, 2.05) is 49.4 Å². The molecule has 0 aliphatic heterocycles. The number of pyridine rings is 1. The zero-order valence-corrected chi connectivity index (χ0v) is 11.9. The van der Waals surface area contributed by atoms with Crippen molar-refractivity contribution in [3.8, 4) is 0 Å². The number of anilines is 1. The second kappa shape index (κ2) is 5.92. The van der Waals surface area contributed by atoms with Crippen molar-refractivity contribution in [2.75, 3.05) is 5.32 Å². The molecule has 3 rings (SSSR count). The number of aromatic nitrogens is 1. The van der Waals surface area contributed by atoms with Gasteiger partial charge in [-0.3, -0.25) is 4.98 Å². The van der Waals surface area contributed by atoms with E-state index in [1.165, 1.54) is 6.07 Å². The molecule has 1 heterocycles. The number of rotatable bonds is 4. The molecule has 0 saturated carbocycles. The molecule has 0 spiro atoms. The van der Waals surface area contributed by atoms with Gasteiger partial charge in [-0.1, -0.05) is 43.3 Å². The summed E-state index contributed by atoms with van der Waals surface area (Å²) < 4.78 is 14.0. The van der Waals surface area contributed by atoms with Gasteiger partial charge in [0, 0.05) is 22.8 Å². The molecule has 0 radical (unpaired) electrons. The lowest BCUT2D eigenvalue weighted by atomic mass is 10.0. The van der Waals surface area contributed by atoms with Gasteiger partial charge in [0.25, 0.3) is 0 Å². The van der Waals surface area contributed by atoms with E-state index in [4.69, 9.17) is 0 Å². The molecular formula is C18H17FN2. The third-order valence-corrected chi connectivity index (χ3v) is 3.67. The Morgan fingerprint density at radius 2 is 1.81 bits per heavy atom. The van der Waals surface area contributed by atoms with Gasteiger partial charge in [-0.2, -0.15) is 0 Å². The Balaban J connectivity index is 1.98. The lowest BCUT2D eigenvalue weighted by molar-refractivity contribution is 0.587. The second-order valence-corrected chi connectivity index (χ2v) is 5.00. The molecule has 0 saturated heterocycles. The van der Waals surface area contributed by atoms with Gasteiger partial charge >= 0.3 is 0 Å². The average Bonchev–Trinajstić information content (AvgIpc) is 2.53. The molecule has 2 aromatic carbocycles. The maximum atomic E-state index is 14.0. The van der Waals surface area contributed by atoms with Crippen LogP contribution in [0.3, 0.4) is 0 Å². The SMILES string of the molecule is CCC(Nc1ccnc2ccccc12)c1ccccc1F. The standard InChI is InChI=1S/C18H17FN2/c1-2-16(13-7-3-5-9-15(13)19)21-18-11-12-20-17-10-6-4-8-14(17)18/h3-12,16H,2H2,1H3,(H,20,21). The van der Waals surface area contributed by atoms with E-state index in [-0.39, 0.29) is 11.9 Å². The van der Waals surface area contributed by atoms with E-state index in [1.54, 1.807) is 12.3 Å². The van der Waals surface area contributed by atoms with Crippen molar-refractivity contribution in [3.63, 3.8) is 0 Å². The van der Waals surface area contributed by atoms with Gasteiger partial charge in [-0.05, 0) is 24.6 Å². The molecule has 1 aromatic heterocycles. The molecule has 2 nitrogen and oxygen atoms in total. The highest BCUT2D eigenvalue weighted by Crippen LogP contribution is 2.28. The molecule has 0 aliphatic rings. The summed E-state index contributed by atoms with van der Waals surface area (Å²) in [5, 5.41) is 4.50. The first-order valence-corrected chi connectivity index (χ1v) is 7.14. The summed E-state index contributed by atoms with van der Waals surface area (Å²) in [6.07, 6.45) is 2.58. The van der Waals surface area contributed by atoms with Crippen LogP contribution in [-0.2, 0) is 0 Å². The summed E-state index contributed by atoms with van der Waals surface area (Å²) in [6, 6.07) is 16.8. The zero-order valence-electron chi connectivity index (χ0n) is 11.9. The summed E-state index contributed by atoms with van der Waals surface area (Å²) in [5.41, 5.74) is 2.61. The number of fused-ring (bicyclic) bond motifs is 1. The minimum absolute atomic E-state index is 0.0583. The maximum absolute atomic E-state index is 14.0. The van der Waals surface area contributed by atoms with Gasteiger partial charge in [0.1, 0.15) is 5.82 Å². The van der Waals surface area contributed by atoms with Crippen molar-refractivity contribution in [2.45, 2.75) is 19.4 Å². The van der Waals surface area contributed by atoms with E-state index in [0.717, 1.165) is 23.0 Å². The quantitative estimate of drug-likeness (QED) is 0.732. The van der Waals surface area contributed by atoms with Crippen molar-refractivity contribution < 1.29 is 4.39 Å². The maximum Gasteiger partial charge on any atom is 0.128 e. The van der Waals surface area contributed by atoms with E-state index in [2.05, 4.69) is 10.3 Å². The minimum Gasteiger partial charge on any atom is -0.378 e. The van der Waals surface area contributed by atoms with Crippen molar-refractivity contribution in [3.05, 3.63) is 72.2 Å². The Kier molecular flexibility index (Phi) is 3.82. The zero-order chi connectivity index (χ0) is 14.7. The van der Waals surface area contributed by atoms with Crippen molar-refractivity contribution in [1.82, 2.24) is 4.98 Å². The molecule has 0 fully saturated rings. The van der Waals surface area contributed by atoms with Crippen molar-refractivity contribution in [1.29, 1.82) is 0 Å². The molecule has 1 unspecified atom stereocenters. The number of hydrogen-bond donors (Lipinski definition) is 1. The average molecular weight is 280 g/mol. The predicted molar refractivity (Wildman–Crippen MR) is 84.8 cm³/mol. The van der Waals surface area contributed by atoms with Crippen LogP contribution in [0.4, 0.5) is 10.1 Å². The Morgan fingerprint density at radius 3 is 2.62 bits per heavy atom. The van der Waals surface area contributed by atoms with Crippen LogP contribution in [0.5, 0.6) is 0 Å².